The summed E-state index contributed by atoms with van der Waals surface area (Å²) in [6.45, 7) is 0.396. The number of alkyl halides is 3. The molecule has 1 N–H and O–H groups in total. The summed E-state index contributed by atoms with van der Waals surface area (Å²) in [7, 11) is 0. The Morgan fingerprint density at radius 1 is 1.26 bits per heavy atom. The third-order valence-corrected chi connectivity index (χ3v) is 3.20. The molecule has 4 nitrogen and oxygen atoms in total. The molecule has 0 spiro atoms. The summed E-state index contributed by atoms with van der Waals surface area (Å²) in [5, 5.41) is 2.11. The smallest absolute Gasteiger partial charge is 0.342 e. The highest BCUT2D eigenvalue weighted by molar-refractivity contribution is 5.96. The number of hydrogen-bond acceptors (Lipinski definition) is 2. The minimum Gasteiger partial charge on any atom is -0.342 e. The standard InChI is InChI=1S/C15H14F4N2O2/c1-2-5-21-12(13(22)20-8-15(17,18)19)6-9-3-4-10(16)7-11(9)14(21)23/h3-4,6-7H,2,5,8H2,1H3,(H,20,22). The predicted molar refractivity (Wildman–Crippen MR) is 76.8 cm³/mol. The third-order valence-electron chi connectivity index (χ3n) is 3.20. The molecule has 0 unspecified atom stereocenters. The van der Waals surface area contributed by atoms with Gasteiger partial charge in [0, 0.05) is 6.54 Å². The van der Waals surface area contributed by atoms with Crippen LogP contribution < -0.4 is 10.9 Å². The lowest BCUT2D eigenvalue weighted by Gasteiger charge is -2.14. The van der Waals surface area contributed by atoms with Crippen LogP contribution in [0.5, 0.6) is 0 Å². The average Bonchev–Trinajstić information content (AvgIpc) is 2.47. The van der Waals surface area contributed by atoms with Gasteiger partial charge in [-0.3, -0.25) is 9.59 Å². The Balaban J connectivity index is 2.53. The van der Waals surface area contributed by atoms with E-state index in [4.69, 9.17) is 0 Å². The van der Waals surface area contributed by atoms with E-state index < -0.39 is 30.0 Å². The zero-order valence-electron chi connectivity index (χ0n) is 12.2. The van der Waals surface area contributed by atoms with Crippen molar-refractivity contribution in [1.82, 2.24) is 9.88 Å². The summed E-state index contributed by atoms with van der Waals surface area (Å²) in [6.07, 6.45) is -4.06. The molecular formula is C15H14F4N2O2. The van der Waals surface area contributed by atoms with Crippen molar-refractivity contribution in [1.29, 1.82) is 0 Å². The van der Waals surface area contributed by atoms with Crippen molar-refractivity contribution in [3.05, 3.63) is 46.1 Å². The number of benzene rings is 1. The number of carbonyl (C=O) groups is 1. The number of aromatic nitrogens is 1. The monoisotopic (exact) mass is 330 g/mol. The van der Waals surface area contributed by atoms with Gasteiger partial charge in [0.2, 0.25) is 0 Å². The molecule has 0 saturated heterocycles. The maximum Gasteiger partial charge on any atom is 0.405 e. The van der Waals surface area contributed by atoms with Gasteiger partial charge in [-0.15, -0.1) is 0 Å². The van der Waals surface area contributed by atoms with Gasteiger partial charge in [0.05, 0.1) is 5.39 Å². The first kappa shape index (κ1) is 17.0. The molecule has 0 aliphatic rings. The Labute approximate surface area is 128 Å². The zero-order chi connectivity index (χ0) is 17.2. The van der Waals surface area contributed by atoms with E-state index in [1.54, 1.807) is 12.2 Å². The van der Waals surface area contributed by atoms with Crippen molar-refractivity contribution in [3.63, 3.8) is 0 Å². The lowest BCUT2D eigenvalue weighted by atomic mass is 10.1. The third kappa shape index (κ3) is 3.88. The van der Waals surface area contributed by atoms with Crippen LogP contribution in [-0.4, -0.2) is 23.2 Å². The fraction of sp³-hybridized carbons (Fsp3) is 0.333. The Morgan fingerprint density at radius 3 is 2.57 bits per heavy atom. The highest BCUT2D eigenvalue weighted by atomic mass is 19.4. The van der Waals surface area contributed by atoms with Crippen molar-refractivity contribution in [2.75, 3.05) is 6.54 Å². The molecule has 2 rings (SSSR count). The largest absolute Gasteiger partial charge is 0.405 e. The molecule has 0 fully saturated rings. The quantitative estimate of drug-likeness (QED) is 0.877. The van der Waals surface area contributed by atoms with Crippen LogP contribution in [0.15, 0.2) is 29.1 Å². The Morgan fingerprint density at radius 2 is 1.96 bits per heavy atom. The van der Waals surface area contributed by atoms with Crippen molar-refractivity contribution in [3.8, 4) is 0 Å². The van der Waals surface area contributed by atoms with Gasteiger partial charge in [-0.2, -0.15) is 13.2 Å². The molecular weight excluding hydrogens is 316 g/mol. The molecule has 0 saturated carbocycles. The Bertz CT molecular complexity index is 796. The molecule has 0 aliphatic carbocycles. The normalized spacial score (nSPS) is 11.7. The summed E-state index contributed by atoms with van der Waals surface area (Å²) in [5.74, 6) is -1.61. The summed E-state index contributed by atoms with van der Waals surface area (Å²) in [6, 6.07) is 4.75. The average molecular weight is 330 g/mol. The molecule has 0 aliphatic heterocycles. The minimum atomic E-state index is -4.55. The predicted octanol–water partition coefficient (Wildman–Crippen LogP) is 2.84. The van der Waals surface area contributed by atoms with Crippen molar-refractivity contribution in [2.45, 2.75) is 26.1 Å². The summed E-state index contributed by atoms with van der Waals surface area (Å²) >= 11 is 0. The number of hydrogen-bond donors (Lipinski definition) is 1. The van der Waals surface area contributed by atoms with Gasteiger partial charge in [-0.1, -0.05) is 13.0 Å². The lowest BCUT2D eigenvalue weighted by molar-refractivity contribution is -0.123. The second-order valence-corrected chi connectivity index (χ2v) is 5.02. The topological polar surface area (TPSA) is 51.1 Å². The molecule has 2 aromatic rings. The molecule has 0 bridgehead atoms. The molecule has 0 atom stereocenters. The number of halogens is 4. The van der Waals surface area contributed by atoms with E-state index in [1.165, 1.54) is 12.1 Å². The van der Waals surface area contributed by atoms with Crippen molar-refractivity contribution >= 4 is 16.7 Å². The Kier molecular flexibility index (Phi) is 4.72. The van der Waals surface area contributed by atoms with Gasteiger partial charge < -0.3 is 9.88 Å². The van der Waals surface area contributed by atoms with Crippen LogP contribution in [0.1, 0.15) is 23.8 Å². The molecule has 8 heteroatoms. The van der Waals surface area contributed by atoms with E-state index in [0.29, 0.717) is 11.8 Å². The van der Waals surface area contributed by atoms with Gasteiger partial charge in [0.1, 0.15) is 18.1 Å². The zero-order valence-corrected chi connectivity index (χ0v) is 12.2. The van der Waals surface area contributed by atoms with Crippen LogP contribution in [0, 0.1) is 5.82 Å². The first-order chi connectivity index (χ1) is 10.7. The molecule has 124 valence electrons. The number of pyridine rings is 1. The first-order valence-electron chi connectivity index (χ1n) is 6.91. The number of carbonyl (C=O) groups excluding carboxylic acids is 1. The van der Waals surface area contributed by atoms with Gasteiger partial charge in [-0.25, -0.2) is 4.39 Å². The molecule has 0 radical (unpaired) electrons. The van der Waals surface area contributed by atoms with Gasteiger partial charge in [-0.05, 0) is 30.0 Å². The highest BCUT2D eigenvalue weighted by Crippen LogP contribution is 2.16. The van der Waals surface area contributed by atoms with Crippen molar-refractivity contribution in [2.24, 2.45) is 0 Å². The van der Waals surface area contributed by atoms with Crippen LogP contribution in [-0.2, 0) is 6.54 Å². The number of rotatable bonds is 4. The number of nitrogens with zero attached hydrogens (tertiary/aromatic N) is 1. The van der Waals surface area contributed by atoms with E-state index in [2.05, 4.69) is 0 Å². The van der Waals surface area contributed by atoms with Gasteiger partial charge in [0.25, 0.3) is 11.5 Å². The van der Waals surface area contributed by atoms with E-state index in [-0.39, 0.29) is 17.6 Å². The SMILES string of the molecule is CCCn1c(C(=O)NCC(F)(F)F)cc2ccc(F)cc2c1=O. The number of amides is 1. The molecule has 1 aromatic carbocycles. The fourth-order valence-corrected chi connectivity index (χ4v) is 2.22. The van der Waals surface area contributed by atoms with E-state index in [1.807, 2.05) is 0 Å². The Hall–Kier alpha value is -2.38. The maximum absolute atomic E-state index is 13.3. The van der Waals surface area contributed by atoms with Gasteiger partial charge in [0.15, 0.2) is 0 Å². The summed E-state index contributed by atoms with van der Waals surface area (Å²) in [5.41, 5.74) is -0.791. The van der Waals surface area contributed by atoms with Crippen LogP contribution >= 0.6 is 0 Å². The van der Waals surface area contributed by atoms with Gasteiger partial charge >= 0.3 is 6.18 Å². The fourth-order valence-electron chi connectivity index (χ4n) is 2.22. The molecule has 1 amide bonds. The number of nitrogens with one attached hydrogen (secondary N) is 1. The summed E-state index contributed by atoms with van der Waals surface area (Å²) in [4.78, 5) is 24.4. The summed E-state index contributed by atoms with van der Waals surface area (Å²) < 4.78 is 51.1. The molecule has 1 aromatic heterocycles. The van der Waals surface area contributed by atoms with E-state index >= 15 is 0 Å². The van der Waals surface area contributed by atoms with Crippen LogP contribution in [0.25, 0.3) is 10.8 Å². The molecule has 23 heavy (non-hydrogen) atoms. The first-order valence-corrected chi connectivity index (χ1v) is 6.91. The van der Waals surface area contributed by atoms with Crippen molar-refractivity contribution < 1.29 is 22.4 Å². The van der Waals surface area contributed by atoms with Crippen LogP contribution in [0.4, 0.5) is 17.6 Å². The second kappa shape index (κ2) is 6.39. The second-order valence-electron chi connectivity index (χ2n) is 5.02. The number of fused-ring (bicyclic) bond motifs is 1. The maximum atomic E-state index is 13.3. The van der Waals surface area contributed by atoms with E-state index in [0.717, 1.165) is 16.7 Å². The minimum absolute atomic E-state index is 0.0748. The highest BCUT2D eigenvalue weighted by Gasteiger charge is 2.28. The van der Waals surface area contributed by atoms with E-state index in [9.17, 15) is 27.2 Å². The molecule has 1 heterocycles. The van der Waals surface area contributed by atoms with Crippen LogP contribution in [0.2, 0.25) is 0 Å². The van der Waals surface area contributed by atoms with Crippen LogP contribution in [0.3, 0.4) is 0 Å². The lowest BCUT2D eigenvalue weighted by Crippen LogP contribution is -2.37.